The fourth-order valence-corrected chi connectivity index (χ4v) is 3.53. The highest BCUT2D eigenvalue weighted by molar-refractivity contribution is 8.02. The summed E-state index contributed by atoms with van der Waals surface area (Å²) in [4.78, 5) is 23.9. The molecule has 1 aromatic carbocycles. The predicted molar refractivity (Wildman–Crippen MR) is 89.5 cm³/mol. The number of amides is 1. The molecule has 0 fully saturated rings. The van der Waals surface area contributed by atoms with E-state index in [0.29, 0.717) is 17.7 Å². The molecule has 1 atom stereocenters. The molecule has 0 aliphatic carbocycles. The van der Waals surface area contributed by atoms with Gasteiger partial charge in [0.1, 0.15) is 5.51 Å². The molecule has 22 heavy (non-hydrogen) atoms. The molecule has 0 saturated carbocycles. The number of benzene rings is 1. The summed E-state index contributed by atoms with van der Waals surface area (Å²) in [5.41, 5.74) is 2.98. The van der Waals surface area contributed by atoms with Crippen LogP contribution in [-0.2, 0) is 4.79 Å². The molecule has 2 aromatic rings. The zero-order chi connectivity index (χ0) is 15.9. The van der Waals surface area contributed by atoms with Gasteiger partial charge in [-0.15, -0.1) is 10.2 Å². The van der Waals surface area contributed by atoms with Crippen LogP contribution >= 0.6 is 23.1 Å². The maximum atomic E-state index is 12.4. The summed E-state index contributed by atoms with van der Waals surface area (Å²) in [6.45, 7) is 3.81. The molecular weight excluding hydrogens is 318 g/mol. The molecule has 0 aliphatic heterocycles. The van der Waals surface area contributed by atoms with Crippen molar-refractivity contribution in [1.82, 2.24) is 10.2 Å². The summed E-state index contributed by atoms with van der Waals surface area (Å²) in [5.74, 6) is 0.0217. The van der Waals surface area contributed by atoms with Gasteiger partial charge in [-0.1, -0.05) is 30.0 Å². The summed E-state index contributed by atoms with van der Waals surface area (Å²) >= 11 is 2.82. The van der Waals surface area contributed by atoms with E-state index >= 15 is 0 Å². The average molecular weight is 335 g/mol. The minimum atomic E-state index is -0.228. The Morgan fingerprint density at radius 2 is 2.05 bits per heavy atom. The second-order valence-electron chi connectivity index (χ2n) is 4.70. The third-order valence-electron chi connectivity index (χ3n) is 2.92. The van der Waals surface area contributed by atoms with Crippen LogP contribution < -0.4 is 5.32 Å². The second-order valence-corrected chi connectivity index (χ2v) is 7.13. The SMILES string of the molecule is CCCC(=O)Nc1ccc(C(=O)C(C)Sc2nncs2)cc1. The van der Waals surface area contributed by atoms with Gasteiger partial charge in [-0.05, 0) is 37.6 Å². The van der Waals surface area contributed by atoms with Gasteiger partial charge in [0.15, 0.2) is 10.1 Å². The van der Waals surface area contributed by atoms with Gasteiger partial charge >= 0.3 is 0 Å². The minimum absolute atomic E-state index is 0.0123. The lowest BCUT2D eigenvalue weighted by atomic mass is 10.1. The van der Waals surface area contributed by atoms with Crippen molar-refractivity contribution in [1.29, 1.82) is 0 Å². The average Bonchev–Trinajstić information content (AvgIpc) is 3.00. The molecule has 0 aliphatic rings. The number of rotatable bonds is 7. The Kier molecular flexibility index (Phi) is 6.09. The molecule has 0 spiro atoms. The lowest BCUT2D eigenvalue weighted by Gasteiger charge is -2.09. The van der Waals surface area contributed by atoms with Crippen LogP contribution in [0, 0.1) is 0 Å². The van der Waals surface area contributed by atoms with Crippen molar-refractivity contribution in [3.05, 3.63) is 35.3 Å². The van der Waals surface area contributed by atoms with Gasteiger partial charge in [0.25, 0.3) is 0 Å². The Labute approximate surface area is 137 Å². The van der Waals surface area contributed by atoms with E-state index < -0.39 is 0 Å². The van der Waals surface area contributed by atoms with Crippen molar-refractivity contribution in [2.75, 3.05) is 5.32 Å². The maximum absolute atomic E-state index is 12.4. The van der Waals surface area contributed by atoms with E-state index in [0.717, 1.165) is 10.8 Å². The molecule has 0 saturated heterocycles. The number of hydrogen-bond acceptors (Lipinski definition) is 6. The number of carbonyl (C=O) groups excluding carboxylic acids is 2. The molecule has 116 valence electrons. The molecule has 5 nitrogen and oxygen atoms in total. The van der Waals surface area contributed by atoms with Gasteiger partial charge in [-0.25, -0.2) is 0 Å². The van der Waals surface area contributed by atoms with E-state index in [-0.39, 0.29) is 16.9 Å². The lowest BCUT2D eigenvalue weighted by molar-refractivity contribution is -0.116. The van der Waals surface area contributed by atoms with E-state index in [1.807, 2.05) is 13.8 Å². The Hall–Kier alpha value is -1.73. The lowest BCUT2D eigenvalue weighted by Crippen LogP contribution is -2.14. The van der Waals surface area contributed by atoms with Crippen LogP contribution in [0.2, 0.25) is 0 Å². The normalized spacial score (nSPS) is 11.9. The Morgan fingerprint density at radius 1 is 1.32 bits per heavy atom. The van der Waals surface area contributed by atoms with Gasteiger partial charge in [-0.2, -0.15) is 0 Å². The fraction of sp³-hybridized carbons (Fsp3) is 0.333. The molecule has 1 aromatic heterocycles. The second kappa shape index (κ2) is 8.05. The zero-order valence-corrected chi connectivity index (χ0v) is 14.0. The molecule has 7 heteroatoms. The molecule has 1 unspecified atom stereocenters. The number of carbonyl (C=O) groups is 2. The van der Waals surface area contributed by atoms with E-state index in [1.165, 1.54) is 23.1 Å². The van der Waals surface area contributed by atoms with Crippen LogP contribution in [0.1, 0.15) is 37.0 Å². The summed E-state index contributed by atoms with van der Waals surface area (Å²) in [6, 6.07) is 6.98. The van der Waals surface area contributed by atoms with Crippen molar-refractivity contribution in [2.24, 2.45) is 0 Å². The molecule has 1 amide bonds. The van der Waals surface area contributed by atoms with Crippen molar-refractivity contribution in [3.8, 4) is 0 Å². The monoisotopic (exact) mass is 335 g/mol. The molecular formula is C15H17N3O2S2. The van der Waals surface area contributed by atoms with Crippen LogP contribution in [0.3, 0.4) is 0 Å². The summed E-state index contributed by atoms with van der Waals surface area (Å²) in [6.07, 6.45) is 1.30. The first-order valence-electron chi connectivity index (χ1n) is 6.97. The highest BCUT2D eigenvalue weighted by Crippen LogP contribution is 2.26. The van der Waals surface area contributed by atoms with E-state index in [1.54, 1.807) is 29.8 Å². The number of nitrogens with one attached hydrogen (secondary N) is 1. The van der Waals surface area contributed by atoms with Crippen molar-refractivity contribution < 1.29 is 9.59 Å². The largest absolute Gasteiger partial charge is 0.326 e. The molecule has 1 heterocycles. The summed E-state index contributed by atoms with van der Waals surface area (Å²) in [7, 11) is 0. The number of hydrogen-bond donors (Lipinski definition) is 1. The zero-order valence-electron chi connectivity index (χ0n) is 12.4. The van der Waals surface area contributed by atoms with E-state index in [4.69, 9.17) is 0 Å². The van der Waals surface area contributed by atoms with Crippen molar-refractivity contribution in [3.63, 3.8) is 0 Å². The summed E-state index contributed by atoms with van der Waals surface area (Å²) in [5, 5.41) is 10.3. The highest BCUT2D eigenvalue weighted by atomic mass is 32.2. The topological polar surface area (TPSA) is 72.0 Å². The Morgan fingerprint density at radius 3 is 2.64 bits per heavy atom. The highest BCUT2D eigenvalue weighted by Gasteiger charge is 2.18. The number of thioether (sulfide) groups is 1. The quantitative estimate of drug-likeness (QED) is 0.618. The van der Waals surface area contributed by atoms with Gasteiger partial charge in [0, 0.05) is 17.7 Å². The maximum Gasteiger partial charge on any atom is 0.224 e. The standard InChI is InChI=1S/C15H17N3O2S2/c1-3-4-13(19)17-12-7-5-11(6-8-12)14(20)10(2)22-15-18-16-9-21-15/h5-10H,3-4H2,1-2H3,(H,17,19). The smallest absolute Gasteiger partial charge is 0.224 e. The first kappa shape index (κ1) is 16.6. The third kappa shape index (κ3) is 4.64. The minimum Gasteiger partial charge on any atom is -0.326 e. The van der Waals surface area contributed by atoms with Crippen molar-refractivity contribution >= 4 is 40.5 Å². The number of ketones is 1. The molecule has 1 N–H and O–H groups in total. The van der Waals surface area contributed by atoms with Crippen LogP contribution in [0.25, 0.3) is 0 Å². The number of anilines is 1. The number of Topliss-reactive ketones (excluding diaryl/α,β-unsaturated/α-hetero) is 1. The van der Waals surface area contributed by atoms with E-state index in [9.17, 15) is 9.59 Å². The van der Waals surface area contributed by atoms with Gasteiger partial charge in [0.05, 0.1) is 5.25 Å². The van der Waals surface area contributed by atoms with Crippen LogP contribution in [-0.4, -0.2) is 27.1 Å². The van der Waals surface area contributed by atoms with Gasteiger partial charge < -0.3 is 5.32 Å². The molecule has 2 rings (SSSR count). The first-order valence-corrected chi connectivity index (χ1v) is 8.73. The fourth-order valence-electron chi connectivity index (χ4n) is 1.82. The van der Waals surface area contributed by atoms with Crippen molar-refractivity contribution in [2.45, 2.75) is 36.3 Å². The Bertz CT molecular complexity index is 627. The predicted octanol–water partition coefficient (Wildman–Crippen LogP) is 3.64. The first-order chi connectivity index (χ1) is 10.6. The molecule has 0 radical (unpaired) electrons. The van der Waals surface area contributed by atoms with Gasteiger partial charge in [0.2, 0.25) is 5.91 Å². The van der Waals surface area contributed by atoms with Crippen LogP contribution in [0.15, 0.2) is 34.1 Å². The summed E-state index contributed by atoms with van der Waals surface area (Å²) < 4.78 is 0.782. The number of aromatic nitrogens is 2. The van der Waals surface area contributed by atoms with Crippen LogP contribution in [0.4, 0.5) is 5.69 Å². The molecule has 0 bridgehead atoms. The van der Waals surface area contributed by atoms with Gasteiger partial charge in [-0.3, -0.25) is 9.59 Å². The number of nitrogens with zero attached hydrogens (tertiary/aromatic N) is 2. The van der Waals surface area contributed by atoms with Crippen LogP contribution in [0.5, 0.6) is 0 Å². The van der Waals surface area contributed by atoms with E-state index in [2.05, 4.69) is 15.5 Å². The Balaban J connectivity index is 1.97. The third-order valence-corrected chi connectivity index (χ3v) is 4.83.